The minimum absolute atomic E-state index is 0.782. The topological polar surface area (TPSA) is 49.3 Å². The summed E-state index contributed by atoms with van der Waals surface area (Å²) >= 11 is 1.76. The Hall–Kier alpha value is -1.10. The molecule has 1 heterocycles. The highest BCUT2D eigenvalue weighted by Gasteiger charge is 2.21. The molecule has 1 aliphatic carbocycles. The maximum absolute atomic E-state index is 4.46. The van der Waals surface area contributed by atoms with Gasteiger partial charge in [-0.1, -0.05) is 26.2 Å². The number of hydrogen-bond donors (Lipinski definition) is 2. The monoisotopic (exact) mass is 308 g/mol. The van der Waals surface area contributed by atoms with Crippen LogP contribution in [0.1, 0.15) is 48.2 Å². The fraction of sp³-hybridized carbons (Fsp3) is 0.750. The normalized spacial score (nSPS) is 23.1. The summed E-state index contributed by atoms with van der Waals surface area (Å²) in [5.41, 5.74) is 1.13. The standard InChI is InChI=1S/C16H28N4S/c1-11-7-5-6-8-14(11)9-18-16(17-4)19-10-15-12(2)20-13(3)21-15/h11,14H,5-10H2,1-4H3,(H2,17,18,19). The van der Waals surface area contributed by atoms with Crippen molar-refractivity contribution in [3.8, 4) is 0 Å². The van der Waals surface area contributed by atoms with E-state index in [0.717, 1.165) is 41.6 Å². The van der Waals surface area contributed by atoms with Crippen LogP contribution < -0.4 is 10.6 Å². The van der Waals surface area contributed by atoms with Crippen molar-refractivity contribution in [1.29, 1.82) is 0 Å². The zero-order valence-electron chi connectivity index (χ0n) is 13.7. The highest BCUT2D eigenvalue weighted by molar-refractivity contribution is 7.11. The number of rotatable bonds is 4. The molecule has 0 spiro atoms. The fourth-order valence-electron chi connectivity index (χ4n) is 3.05. The SMILES string of the molecule is CN=C(NCc1sc(C)nc1C)NCC1CCCCC1C. The third kappa shape index (κ3) is 4.70. The second-order valence-electron chi connectivity index (χ2n) is 6.07. The molecule has 0 saturated heterocycles. The molecule has 2 unspecified atom stereocenters. The van der Waals surface area contributed by atoms with Gasteiger partial charge in [-0.15, -0.1) is 11.3 Å². The Bertz CT molecular complexity index is 481. The zero-order valence-corrected chi connectivity index (χ0v) is 14.5. The van der Waals surface area contributed by atoms with Crippen LogP contribution in [-0.4, -0.2) is 24.5 Å². The second-order valence-corrected chi connectivity index (χ2v) is 7.36. The lowest BCUT2D eigenvalue weighted by molar-refractivity contribution is 0.256. The Morgan fingerprint density at radius 1 is 1.29 bits per heavy atom. The van der Waals surface area contributed by atoms with Gasteiger partial charge in [-0.25, -0.2) is 4.98 Å². The molecule has 1 saturated carbocycles. The molecule has 0 aromatic carbocycles. The molecule has 0 bridgehead atoms. The van der Waals surface area contributed by atoms with Crippen LogP contribution in [0.25, 0.3) is 0 Å². The molecule has 1 aromatic rings. The Balaban J connectivity index is 1.79. The molecule has 118 valence electrons. The lowest BCUT2D eigenvalue weighted by Gasteiger charge is -2.29. The largest absolute Gasteiger partial charge is 0.356 e. The summed E-state index contributed by atoms with van der Waals surface area (Å²) in [5, 5.41) is 8.02. The molecule has 4 nitrogen and oxygen atoms in total. The van der Waals surface area contributed by atoms with E-state index in [4.69, 9.17) is 0 Å². The van der Waals surface area contributed by atoms with Gasteiger partial charge in [0, 0.05) is 18.5 Å². The minimum Gasteiger partial charge on any atom is -0.356 e. The van der Waals surface area contributed by atoms with E-state index in [1.165, 1.54) is 30.6 Å². The van der Waals surface area contributed by atoms with E-state index in [-0.39, 0.29) is 0 Å². The second kappa shape index (κ2) is 7.78. The highest BCUT2D eigenvalue weighted by atomic mass is 32.1. The Morgan fingerprint density at radius 2 is 2.05 bits per heavy atom. The number of nitrogens with one attached hydrogen (secondary N) is 2. The minimum atomic E-state index is 0.782. The van der Waals surface area contributed by atoms with E-state index in [9.17, 15) is 0 Å². The van der Waals surface area contributed by atoms with Gasteiger partial charge in [-0.2, -0.15) is 0 Å². The van der Waals surface area contributed by atoms with Gasteiger partial charge in [0.2, 0.25) is 0 Å². The smallest absolute Gasteiger partial charge is 0.191 e. The number of nitrogens with zero attached hydrogens (tertiary/aromatic N) is 2. The quantitative estimate of drug-likeness (QED) is 0.663. The molecular weight excluding hydrogens is 280 g/mol. The van der Waals surface area contributed by atoms with E-state index in [2.05, 4.69) is 41.4 Å². The third-order valence-electron chi connectivity index (χ3n) is 4.46. The fourth-order valence-corrected chi connectivity index (χ4v) is 3.92. The lowest BCUT2D eigenvalue weighted by Crippen LogP contribution is -2.41. The van der Waals surface area contributed by atoms with Crippen LogP contribution in [0.3, 0.4) is 0 Å². The number of aryl methyl sites for hydroxylation is 2. The molecule has 2 N–H and O–H groups in total. The van der Waals surface area contributed by atoms with Gasteiger partial charge < -0.3 is 10.6 Å². The van der Waals surface area contributed by atoms with Crippen molar-refractivity contribution in [1.82, 2.24) is 15.6 Å². The third-order valence-corrected chi connectivity index (χ3v) is 5.53. The zero-order chi connectivity index (χ0) is 15.2. The van der Waals surface area contributed by atoms with Crippen LogP contribution in [0.15, 0.2) is 4.99 Å². The molecule has 2 atom stereocenters. The van der Waals surface area contributed by atoms with Gasteiger partial charge in [0.25, 0.3) is 0 Å². The maximum atomic E-state index is 4.46. The molecule has 1 fully saturated rings. The van der Waals surface area contributed by atoms with Gasteiger partial charge in [-0.3, -0.25) is 4.99 Å². The summed E-state index contributed by atoms with van der Waals surface area (Å²) < 4.78 is 0. The summed E-state index contributed by atoms with van der Waals surface area (Å²) in [6.07, 6.45) is 5.49. The average Bonchev–Trinajstić information content (AvgIpc) is 2.79. The van der Waals surface area contributed by atoms with Crippen LogP contribution in [0, 0.1) is 25.7 Å². The van der Waals surface area contributed by atoms with Gasteiger partial charge in [0.05, 0.1) is 17.2 Å². The van der Waals surface area contributed by atoms with Gasteiger partial charge >= 0.3 is 0 Å². The molecule has 0 amide bonds. The first-order valence-corrected chi connectivity index (χ1v) is 8.79. The first-order chi connectivity index (χ1) is 10.1. The van der Waals surface area contributed by atoms with Gasteiger partial charge in [0.15, 0.2) is 5.96 Å². The van der Waals surface area contributed by atoms with E-state index < -0.39 is 0 Å². The van der Waals surface area contributed by atoms with E-state index in [0.29, 0.717) is 0 Å². The van der Waals surface area contributed by atoms with Crippen LogP contribution >= 0.6 is 11.3 Å². The van der Waals surface area contributed by atoms with Gasteiger partial charge in [-0.05, 0) is 32.1 Å². The van der Waals surface area contributed by atoms with E-state index in [1.54, 1.807) is 11.3 Å². The van der Waals surface area contributed by atoms with Crippen LogP contribution in [-0.2, 0) is 6.54 Å². The van der Waals surface area contributed by atoms with Crippen LogP contribution in [0.5, 0.6) is 0 Å². The molecule has 0 radical (unpaired) electrons. The van der Waals surface area contributed by atoms with Crippen molar-refractivity contribution < 1.29 is 0 Å². The van der Waals surface area contributed by atoms with Crippen molar-refractivity contribution in [2.45, 2.75) is 53.0 Å². The summed E-state index contributed by atoms with van der Waals surface area (Å²) in [6.45, 7) is 8.34. The van der Waals surface area contributed by atoms with Crippen molar-refractivity contribution >= 4 is 17.3 Å². The van der Waals surface area contributed by atoms with Crippen molar-refractivity contribution in [3.05, 3.63) is 15.6 Å². The Kier molecular flexibility index (Phi) is 6.03. The predicted octanol–water partition coefficient (Wildman–Crippen LogP) is 3.25. The molecule has 2 rings (SSSR count). The first-order valence-electron chi connectivity index (χ1n) is 7.97. The summed E-state index contributed by atoms with van der Waals surface area (Å²) in [6, 6.07) is 0. The molecule has 5 heteroatoms. The molecule has 21 heavy (non-hydrogen) atoms. The number of aromatic nitrogens is 1. The molecule has 0 aliphatic heterocycles. The van der Waals surface area contributed by atoms with Crippen LogP contribution in [0.2, 0.25) is 0 Å². The molecule has 1 aromatic heterocycles. The van der Waals surface area contributed by atoms with Crippen LogP contribution in [0.4, 0.5) is 0 Å². The number of thiazole rings is 1. The molecular formula is C16H28N4S. The average molecular weight is 308 g/mol. The van der Waals surface area contributed by atoms with Crippen molar-refractivity contribution in [2.75, 3.05) is 13.6 Å². The maximum Gasteiger partial charge on any atom is 0.191 e. The number of aliphatic imine (C=N–C) groups is 1. The van der Waals surface area contributed by atoms with E-state index in [1.807, 2.05) is 7.05 Å². The lowest BCUT2D eigenvalue weighted by atomic mass is 9.80. The first kappa shape index (κ1) is 16.3. The Morgan fingerprint density at radius 3 is 2.67 bits per heavy atom. The highest BCUT2D eigenvalue weighted by Crippen LogP contribution is 2.28. The number of guanidine groups is 1. The molecule has 1 aliphatic rings. The van der Waals surface area contributed by atoms with Crippen molar-refractivity contribution in [3.63, 3.8) is 0 Å². The van der Waals surface area contributed by atoms with Gasteiger partial charge in [0.1, 0.15) is 0 Å². The summed E-state index contributed by atoms with van der Waals surface area (Å²) in [7, 11) is 1.84. The van der Waals surface area contributed by atoms with Crippen molar-refractivity contribution in [2.24, 2.45) is 16.8 Å². The summed E-state index contributed by atoms with van der Waals surface area (Å²) in [4.78, 5) is 10.1. The summed E-state index contributed by atoms with van der Waals surface area (Å²) in [5.74, 6) is 2.51. The Labute approximate surface area is 132 Å². The predicted molar refractivity (Wildman–Crippen MR) is 90.9 cm³/mol. The number of hydrogen-bond acceptors (Lipinski definition) is 3. The van der Waals surface area contributed by atoms with E-state index >= 15 is 0 Å².